The number of carbonyl (C=O) groups is 2. The number of hydrogen-bond acceptors (Lipinski definition) is 5. The summed E-state index contributed by atoms with van der Waals surface area (Å²) in [6, 6.07) is 5.43. The van der Waals surface area contributed by atoms with Crippen LogP contribution in [0.15, 0.2) is 48.2 Å². The van der Waals surface area contributed by atoms with E-state index in [2.05, 4.69) is 4.98 Å². The number of amides is 1. The molecule has 1 fully saturated rings. The number of pyridine rings is 1. The highest BCUT2D eigenvalue weighted by Crippen LogP contribution is 2.49. The molecule has 7 nitrogen and oxygen atoms in total. The number of methoxy groups -OCH3 is 1. The van der Waals surface area contributed by atoms with Gasteiger partial charge in [-0.15, -0.1) is 0 Å². The Balaban J connectivity index is 1.62. The normalized spacial score (nSPS) is 19.7. The van der Waals surface area contributed by atoms with Crippen LogP contribution in [-0.4, -0.2) is 46.7 Å². The van der Waals surface area contributed by atoms with E-state index in [0.717, 1.165) is 24.4 Å². The van der Waals surface area contributed by atoms with E-state index in [1.807, 2.05) is 13.8 Å². The molecule has 262 valence electrons. The summed E-state index contributed by atoms with van der Waals surface area (Å²) in [5.74, 6) is -3.13. The molecule has 3 aromatic rings. The zero-order valence-electron chi connectivity index (χ0n) is 27.1. The van der Waals surface area contributed by atoms with Crippen LogP contribution in [0.25, 0.3) is 16.7 Å². The van der Waals surface area contributed by atoms with Crippen LogP contribution in [-0.2, 0) is 17.1 Å². The Morgan fingerprint density at radius 2 is 1.76 bits per heavy atom. The summed E-state index contributed by atoms with van der Waals surface area (Å²) in [7, 11) is 1.20. The largest absolute Gasteiger partial charge is 0.496 e. The van der Waals surface area contributed by atoms with Crippen LogP contribution >= 0.6 is 0 Å². The first-order valence-corrected chi connectivity index (χ1v) is 15.3. The minimum absolute atomic E-state index is 0.0315. The highest BCUT2D eigenvalue weighted by atomic mass is 19.4. The molecule has 1 amide bonds. The molecule has 2 aromatic carbocycles. The van der Waals surface area contributed by atoms with Crippen molar-refractivity contribution in [1.82, 2.24) is 9.88 Å². The first-order chi connectivity index (χ1) is 22.7. The average Bonchev–Trinajstić information content (AvgIpc) is 3.27. The number of hydrogen-bond donors (Lipinski definition) is 1. The number of benzene rings is 2. The van der Waals surface area contributed by atoms with Crippen LogP contribution < -0.4 is 4.74 Å². The lowest BCUT2D eigenvalue weighted by atomic mass is 9.72. The number of carboxylic acids is 1. The Morgan fingerprint density at radius 3 is 2.35 bits per heavy atom. The lowest BCUT2D eigenvalue weighted by Crippen LogP contribution is -2.35. The molecular formula is C35H33F7N2O5. The number of rotatable bonds is 7. The molecule has 0 unspecified atom stereocenters. The predicted molar refractivity (Wildman–Crippen MR) is 164 cm³/mol. The summed E-state index contributed by atoms with van der Waals surface area (Å²) >= 11 is 0. The number of allylic oxidation sites excluding steroid dienone is 1. The van der Waals surface area contributed by atoms with E-state index in [-0.39, 0.29) is 34.4 Å². The lowest BCUT2D eigenvalue weighted by Gasteiger charge is -2.36. The zero-order valence-corrected chi connectivity index (χ0v) is 27.1. The van der Waals surface area contributed by atoms with Crippen LogP contribution in [0.2, 0.25) is 0 Å². The highest BCUT2D eigenvalue weighted by molar-refractivity contribution is 5.87. The number of carboxylic acid groups (broad SMARTS) is 1. The molecule has 2 heterocycles. The number of halogens is 7. The van der Waals surface area contributed by atoms with Gasteiger partial charge in [0.15, 0.2) is 11.5 Å². The van der Waals surface area contributed by atoms with Gasteiger partial charge in [-0.2, -0.15) is 26.3 Å². The Labute approximate surface area is 277 Å². The standard InChI is InChI=1S/C35H33F7N2O5/c1-17-8-19(10-22(9-17)34(37,38)39)30-18(2)44(32(47)49-30)16-21-14-33(3,4)7-6-23(21)25-12-24(26(35(40,41)42)13-28(25)48-5)20-11-27(36)29(31(45)46)43-15-20/h8-13,15,18,30H,6-7,14,16H2,1-5H3,(H,45,46)/t18-,30-/m0/s1. The molecule has 0 spiro atoms. The monoisotopic (exact) mass is 694 g/mol. The number of aromatic nitrogens is 1. The number of aromatic carboxylic acids is 1. The summed E-state index contributed by atoms with van der Waals surface area (Å²) < 4.78 is 110. The van der Waals surface area contributed by atoms with E-state index >= 15 is 0 Å². The number of ether oxygens (including phenoxy) is 2. The van der Waals surface area contributed by atoms with E-state index in [9.17, 15) is 40.3 Å². The maximum Gasteiger partial charge on any atom is 0.417 e. The minimum atomic E-state index is -4.92. The summed E-state index contributed by atoms with van der Waals surface area (Å²) in [6.45, 7) is 7.12. The van der Waals surface area contributed by atoms with Gasteiger partial charge in [-0.05, 0) is 91.1 Å². The molecule has 2 aliphatic rings. The molecule has 14 heteroatoms. The molecule has 1 aromatic heterocycles. The van der Waals surface area contributed by atoms with Crippen LogP contribution in [0.5, 0.6) is 5.75 Å². The highest BCUT2D eigenvalue weighted by Gasteiger charge is 2.43. The Bertz CT molecular complexity index is 1850. The smallest absolute Gasteiger partial charge is 0.417 e. The van der Waals surface area contributed by atoms with Gasteiger partial charge in [0.25, 0.3) is 0 Å². The third kappa shape index (κ3) is 7.23. The van der Waals surface area contributed by atoms with Gasteiger partial charge in [-0.1, -0.05) is 25.5 Å². The SMILES string of the molecule is COc1cc(C(F)(F)F)c(-c2cnc(C(=O)O)c(F)c2)cc1C1=C(CN2C(=O)O[C@H](c3cc(C)cc(C(F)(F)F)c3)[C@@H]2C)CC(C)(C)CC1. The van der Waals surface area contributed by atoms with Gasteiger partial charge in [0.1, 0.15) is 11.9 Å². The number of carbonyl (C=O) groups excluding carboxylic acids is 1. The van der Waals surface area contributed by atoms with Gasteiger partial charge in [0.05, 0.1) is 24.3 Å². The van der Waals surface area contributed by atoms with Crippen LogP contribution in [0.3, 0.4) is 0 Å². The van der Waals surface area contributed by atoms with E-state index in [1.54, 1.807) is 6.92 Å². The Kier molecular flexibility index (Phi) is 9.24. The quantitative estimate of drug-likeness (QED) is 0.248. The molecule has 1 saturated heterocycles. The molecule has 1 N–H and O–H groups in total. The molecule has 2 atom stereocenters. The van der Waals surface area contributed by atoms with Crippen molar-refractivity contribution in [3.8, 4) is 16.9 Å². The fourth-order valence-electron chi connectivity index (χ4n) is 6.60. The Morgan fingerprint density at radius 1 is 1.06 bits per heavy atom. The summed E-state index contributed by atoms with van der Waals surface area (Å²) in [6.07, 6.45) is -9.07. The fraction of sp³-hybridized carbons (Fsp3) is 0.400. The van der Waals surface area contributed by atoms with Gasteiger partial charge in [-0.25, -0.2) is 19.0 Å². The van der Waals surface area contributed by atoms with E-state index < -0.39 is 64.8 Å². The van der Waals surface area contributed by atoms with E-state index in [4.69, 9.17) is 14.6 Å². The maximum absolute atomic E-state index is 14.7. The fourth-order valence-corrected chi connectivity index (χ4v) is 6.60. The minimum Gasteiger partial charge on any atom is -0.496 e. The van der Waals surface area contributed by atoms with Crippen molar-refractivity contribution in [3.05, 3.63) is 87.5 Å². The molecular weight excluding hydrogens is 661 g/mol. The average molecular weight is 695 g/mol. The second kappa shape index (κ2) is 12.7. The molecule has 1 aliphatic carbocycles. The van der Waals surface area contributed by atoms with Crippen LogP contribution in [0.1, 0.15) is 84.4 Å². The van der Waals surface area contributed by atoms with Gasteiger partial charge in [-0.3, -0.25) is 4.90 Å². The first kappa shape index (κ1) is 35.7. The molecule has 0 saturated carbocycles. The van der Waals surface area contributed by atoms with Gasteiger partial charge >= 0.3 is 24.4 Å². The second-order valence-corrected chi connectivity index (χ2v) is 13.2. The third-order valence-electron chi connectivity index (χ3n) is 9.00. The topological polar surface area (TPSA) is 89.0 Å². The van der Waals surface area contributed by atoms with Crippen molar-refractivity contribution in [2.75, 3.05) is 13.7 Å². The van der Waals surface area contributed by atoms with Crippen molar-refractivity contribution >= 4 is 17.6 Å². The van der Waals surface area contributed by atoms with Gasteiger partial charge in [0.2, 0.25) is 0 Å². The number of cyclic esters (lactones) is 1. The van der Waals surface area contributed by atoms with Crippen molar-refractivity contribution in [2.24, 2.45) is 5.41 Å². The van der Waals surface area contributed by atoms with Crippen molar-refractivity contribution in [3.63, 3.8) is 0 Å². The predicted octanol–water partition coefficient (Wildman–Crippen LogP) is 9.49. The summed E-state index contributed by atoms with van der Waals surface area (Å²) in [5, 5.41) is 9.17. The lowest BCUT2D eigenvalue weighted by molar-refractivity contribution is -0.138. The third-order valence-corrected chi connectivity index (χ3v) is 9.00. The molecule has 0 radical (unpaired) electrons. The van der Waals surface area contributed by atoms with Crippen LogP contribution in [0.4, 0.5) is 35.5 Å². The molecule has 49 heavy (non-hydrogen) atoms. The van der Waals surface area contributed by atoms with Gasteiger partial charge < -0.3 is 14.6 Å². The number of aryl methyl sites for hydroxylation is 1. The van der Waals surface area contributed by atoms with Crippen LogP contribution in [0, 0.1) is 18.2 Å². The van der Waals surface area contributed by atoms with Crippen molar-refractivity contribution in [1.29, 1.82) is 0 Å². The first-order valence-electron chi connectivity index (χ1n) is 15.3. The zero-order chi connectivity index (χ0) is 36.2. The number of nitrogens with zero attached hydrogens (tertiary/aromatic N) is 2. The number of alkyl halides is 6. The van der Waals surface area contributed by atoms with E-state index in [0.29, 0.717) is 42.0 Å². The maximum atomic E-state index is 14.7. The second-order valence-electron chi connectivity index (χ2n) is 13.2. The van der Waals surface area contributed by atoms with Crippen molar-refractivity contribution < 1.29 is 54.9 Å². The van der Waals surface area contributed by atoms with Crippen molar-refractivity contribution in [2.45, 2.75) is 71.5 Å². The summed E-state index contributed by atoms with van der Waals surface area (Å²) in [4.78, 5) is 29.5. The molecule has 0 bridgehead atoms. The van der Waals surface area contributed by atoms with Gasteiger partial charge in [0, 0.05) is 23.9 Å². The molecule has 1 aliphatic heterocycles. The summed E-state index contributed by atoms with van der Waals surface area (Å²) in [5.41, 5.74) is -2.01. The molecule has 5 rings (SSSR count). The Hall–Kier alpha value is -4.62. The van der Waals surface area contributed by atoms with E-state index in [1.165, 1.54) is 31.1 Å².